The molecule has 360 valence electrons. The molecule has 0 aromatic carbocycles. The second kappa shape index (κ2) is 45.1. The Hall–Kier alpha value is -3.49. The number of unbranched alkanes of at least 4 members (excludes halogenated alkanes) is 16. The van der Waals surface area contributed by atoms with Gasteiger partial charge in [0.05, 0.1) is 40.3 Å². The summed E-state index contributed by atoms with van der Waals surface area (Å²) in [6, 6.07) is -0.738. The number of esters is 2. The Kier molecular flexibility index (Phi) is 42.6. The smallest absolute Gasteiger partial charge is 0.306 e. The lowest BCUT2D eigenvalue weighted by Gasteiger charge is -2.34. The molecule has 0 aromatic rings. The average molecular weight is 880 g/mol. The van der Waals surface area contributed by atoms with Gasteiger partial charge in [-0.1, -0.05) is 170 Å². The van der Waals surface area contributed by atoms with E-state index in [-0.39, 0.29) is 49.1 Å². The molecular weight excluding hydrogens is 787 g/mol. The van der Waals surface area contributed by atoms with Gasteiger partial charge in [-0.15, -0.1) is 0 Å². The Morgan fingerprint density at radius 1 is 0.492 bits per heavy atom. The van der Waals surface area contributed by atoms with Gasteiger partial charge in [0.15, 0.2) is 6.10 Å². The summed E-state index contributed by atoms with van der Waals surface area (Å²) in [5.74, 6) is -1.79. The summed E-state index contributed by atoms with van der Waals surface area (Å²) in [6.45, 7) is 4.50. The molecular formula is C55H93NO7. The van der Waals surface area contributed by atoms with Gasteiger partial charge in [-0.05, 0) is 89.9 Å². The Morgan fingerprint density at radius 2 is 0.889 bits per heavy atom. The molecule has 0 aliphatic heterocycles. The number of nitrogens with zero attached hydrogens (tertiary/aromatic N) is 1. The zero-order valence-corrected chi connectivity index (χ0v) is 41.0. The molecule has 8 nitrogen and oxygen atoms in total. The van der Waals surface area contributed by atoms with Gasteiger partial charge in [-0.3, -0.25) is 9.59 Å². The molecule has 0 fully saturated rings. The number of quaternary nitrogens is 1. The van der Waals surface area contributed by atoms with Gasteiger partial charge >= 0.3 is 11.9 Å². The predicted octanol–water partition coefficient (Wildman–Crippen LogP) is 13.1. The number of hydrogen-bond acceptors (Lipinski definition) is 7. The number of hydrogen-bond donors (Lipinski definition) is 0. The van der Waals surface area contributed by atoms with E-state index < -0.39 is 18.1 Å². The molecule has 0 bridgehead atoms. The quantitative estimate of drug-likeness (QED) is 0.0260. The number of carbonyl (C=O) groups excluding carboxylic acids is 3. The summed E-state index contributed by atoms with van der Waals surface area (Å²) < 4.78 is 17.2. The Morgan fingerprint density at radius 3 is 1.35 bits per heavy atom. The highest BCUT2D eigenvalue weighted by Gasteiger charge is 2.25. The number of carboxylic acids is 1. The molecule has 0 saturated heterocycles. The van der Waals surface area contributed by atoms with Crippen LogP contribution in [0.5, 0.6) is 0 Å². The topological polar surface area (TPSA) is 102 Å². The summed E-state index contributed by atoms with van der Waals surface area (Å²) in [7, 11) is 5.39. The van der Waals surface area contributed by atoms with Crippen LogP contribution in [0.4, 0.5) is 0 Å². The normalized spacial score (nSPS) is 13.6. The number of likely N-dealkylation sites (N-methyl/N-ethyl adjacent to an activating group) is 1. The van der Waals surface area contributed by atoms with Crippen LogP contribution in [0.15, 0.2) is 85.1 Å². The van der Waals surface area contributed by atoms with E-state index in [0.29, 0.717) is 12.8 Å². The zero-order chi connectivity index (χ0) is 46.3. The van der Waals surface area contributed by atoms with Crippen LogP contribution in [0.1, 0.15) is 194 Å². The van der Waals surface area contributed by atoms with Crippen molar-refractivity contribution < 1.29 is 38.2 Å². The maximum atomic E-state index is 12.8. The van der Waals surface area contributed by atoms with Crippen molar-refractivity contribution in [1.29, 1.82) is 0 Å². The number of allylic oxidation sites excluding steroid dienone is 14. The van der Waals surface area contributed by atoms with Crippen molar-refractivity contribution in [3.63, 3.8) is 0 Å². The molecule has 2 unspecified atom stereocenters. The summed E-state index contributed by atoms with van der Waals surface area (Å²) >= 11 is 0. The molecule has 2 atom stereocenters. The van der Waals surface area contributed by atoms with Crippen LogP contribution >= 0.6 is 0 Å². The van der Waals surface area contributed by atoms with Crippen molar-refractivity contribution in [1.82, 2.24) is 0 Å². The second-order valence-corrected chi connectivity index (χ2v) is 17.7. The van der Waals surface area contributed by atoms with E-state index in [9.17, 15) is 19.5 Å². The van der Waals surface area contributed by atoms with E-state index in [0.717, 1.165) is 77.0 Å². The van der Waals surface area contributed by atoms with Crippen LogP contribution in [0.3, 0.4) is 0 Å². The molecule has 0 amide bonds. The van der Waals surface area contributed by atoms with Gasteiger partial charge < -0.3 is 28.6 Å². The van der Waals surface area contributed by atoms with Crippen LogP contribution < -0.4 is 5.11 Å². The fourth-order valence-corrected chi connectivity index (χ4v) is 6.89. The summed E-state index contributed by atoms with van der Waals surface area (Å²) in [5, 5.41) is 11.7. The molecule has 0 heterocycles. The van der Waals surface area contributed by atoms with Crippen molar-refractivity contribution in [2.24, 2.45) is 0 Å². The Labute approximate surface area is 386 Å². The zero-order valence-electron chi connectivity index (χ0n) is 41.0. The molecule has 0 spiro atoms. The largest absolute Gasteiger partial charge is 0.544 e. The minimum atomic E-state index is -1.13. The third kappa shape index (κ3) is 43.5. The number of ether oxygens (including phenoxy) is 3. The molecule has 0 N–H and O–H groups in total. The van der Waals surface area contributed by atoms with Crippen molar-refractivity contribution in [3.8, 4) is 0 Å². The van der Waals surface area contributed by atoms with E-state index in [4.69, 9.17) is 14.2 Å². The lowest BCUT2D eigenvalue weighted by molar-refractivity contribution is -0.889. The Balaban J connectivity index is 4.37. The molecule has 0 rings (SSSR count). The van der Waals surface area contributed by atoms with Crippen molar-refractivity contribution in [2.45, 2.75) is 206 Å². The number of rotatable bonds is 44. The van der Waals surface area contributed by atoms with Gasteiger partial charge in [0.25, 0.3) is 0 Å². The van der Waals surface area contributed by atoms with Gasteiger partial charge in [0.2, 0.25) is 0 Å². The third-order valence-corrected chi connectivity index (χ3v) is 10.8. The summed E-state index contributed by atoms with van der Waals surface area (Å²) in [6.07, 6.45) is 58.9. The second-order valence-electron chi connectivity index (χ2n) is 17.7. The van der Waals surface area contributed by atoms with Crippen LogP contribution in [-0.2, 0) is 28.6 Å². The van der Waals surface area contributed by atoms with E-state index in [2.05, 4.69) is 98.9 Å². The van der Waals surface area contributed by atoms with E-state index >= 15 is 0 Å². The number of aliphatic carboxylic acids is 1. The van der Waals surface area contributed by atoms with Crippen LogP contribution in [0, 0.1) is 0 Å². The fraction of sp³-hybridized carbons (Fsp3) is 0.691. The third-order valence-electron chi connectivity index (χ3n) is 10.8. The van der Waals surface area contributed by atoms with Gasteiger partial charge in [-0.25, -0.2) is 0 Å². The number of carbonyl (C=O) groups is 3. The highest BCUT2D eigenvalue weighted by Crippen LogP contribution is 2.13. The van der Waals surface area contributed by atoms with Crippen LogP contribution in [0.2, 0.25) is 0 Å². The van der Waals surface area contributed by atoms with E-state index in [1.54, 1.807) is 21.1 Å². The maximum Gasteiger partial charge on any atom is 0.306 e. The Bertz CT molecular complexity index is 1300. The lowest BCUT2D eigenvalue weighted by Crippen LogP contribution is -2.55. The first-order chi connectivity index (χ1) is 30.6. The highest BCUT2D eigenvalue weighted by molar-refractivity contribution is 5.70. The predicted molar refractivity (Wildman–Crippen MR) is 263 cm³/mol. The van der Waals surface area contributed by atoms with Crippen LogP contribution in [0.25, 0.3) is 0 Å². The molecule has 0 aliphatic carbocycles. The van der Waals surface area contributed by atoms with Crippen molar-refractivity contribution >= 4 is 17.9 Å². The van der Waals surface area contributed by atoms with Gasteiger partial charge in [0.1, 0.15) is 12.6 Å². The number of carboxylic acid groups (broad SMARTS) is 1. The van der Waals surface area contributed by atoms with E-state index in [1.807, 2.05) is 0 Å². The standard InChI is InChI=1S/C55H93NO7/c1-6-8-10-12-14-16-18-20-22-24-25-26-27-28-30-32-34-36-38-40-42-44-46-54(58)63-51(49-61-48-47-52(55(59)60)56(3,4)5)50-62-53(57)45-43-41-39-37-35-33-31-29-23-21-19-17-15-13-11-9-7-2/h8,10,14,16,20-23,25-26,28,30,34,36,51-52H,6-7,9,11-13,15,17-19,24,27,29,31-33,35,37-50H2,1-5H3/b10-8+,16-14+,22-20+,23-21+,26-25+,30-28+,36-34+. The first-order valence-corrected chi connectivity index (χ1v) is 25.1. The first-order valence-electron chi connectivity index (χ1n) is 25.1. The highest BCUT2D eigenvalue weighted by atomic mass is 16.6. The molecule has 0 radical (unpaired) electrons. The summed E-state index contributed by atoms with van der Waals surface area (Å²) in [4.78, 5) is 37.0. The van der Waals surface area contributed by atoms with Crippen molar-refractivity contribution in [3.05, 3.63) is 85.1 Å². The van der Waals surface area contributed by atoms with Gasteiger partial charge in [-0.2, -0.15) is 0 Å². The minimum Gasteiger partial charge on any atom is -0.544 e. The molecule has 0 aliphatic rings. The summed E-state index contributed by atoms with van der Waals surface area (Å²) in [5.41, 5.74) is 0. The average Bonchev–Trinajstić information content (AvgIpc) is 3.24. The van der Waals surface area contributed by atoms with Gasteiger partial charge in [0, 0.05) is 19.3 Å². The molecule has 0 aromatic heterocycles. The lowest BCUT2D eigenvalue weighted by atomic mass is 10.1. The molecule has 63 heavy (non-hydrogen) atoms. The fourth-order valence-electron chi connectivity index (χ4n) is 6.89. The monoisotopic (exact) mass is 880 g/mol. The molecule has 8 heteroatoms. The van der Waals surface area contributed by atoms with Crippen LogP contribution in [-0.4, -0.2) is 75.5 Å². The first kappa shape index (κ1) is 59.5. The maximum absolute atomic E-state index is 12.8. The SMILES string of the molecule is CC/C=C/C/C=C/C/C=C/C/C=C/C/C=C/C/C=C/CCCCCC(=O)OC(COCCC(C(=O)[O-])[N+](C)(C)C)COC(=O)CCCCCCCCC/C=C/CCCCCCCC. The van der Waals surface area contributed by atoms with E-state index in [1.165, 1.54) is 77.0 Å². The minimum absolute atomic E-state index is 0.0214. The molecule has 0 saturated carbocycles. The van der Waals surface area contributed by atoms with Crippen molar-refractivity contribution in [2.75, 3.05) is 41.0 Å².